The van der Waals surface area contributed by atoms with Crippen LogP contribution < -0.4 is 21.4 Å². The maximum Gasteiger partial charge on any atom is 0.342 e. The molecule has 0 saturated carbocycles. The molecule has 0 radical (unpaired) electrons. The molecule has 0 atom stereocenters. The molecule has 0 unspecified atom stereocenters. The number of ether oxygens (including phenoxy) is 1. The van der Waals surface area contributed by atoms with Gasteiger partial charge in [-0.2, -0.15) is 10.2 Å². The van der Waals surface area contributed by atoms with E-state index in [2.05, 4.69) is 27.6 Å². The van der Waals surface area contributed by atoms with Crippen LogP contribution in [0.25, 0.3) is 0 Å². The van der Waals surface area contributed by atoms with Crippen LogP contribution in [0, 0.1) is 0 Å². The van der Waals surface area contributed by atoms with E-state index < -0.39 is 17.2 Å². The average Bonchev–Trinajstić information content (AvgIpc) is 2.59. The highest BCUT2D eigenvalue weighted by atomic mass is 16.5. The van der Waals surface area contributed by atoms with E-state index in [1.165, 1.54) is 6.21 Å². The summed E-state index contributed by atoms with van der Waals surface area (Å²) in [6.07, 6.45) is 3.25. The minimum Gasteiger partial charge on any atom is -0.494 e. The van der Waals surface area contributed by atoms with Gasteiger partial charge in [-0.25, -0.2) is 15.3 Å². The van der Waals surface area contributed by atoms with Crippen LogP contribution in [0.2, 0.25) is 0 Å². The number of hydrogen-bond donors (Lipinski definition) is 3. The minimum absolute atomic E-state index is 0.0964. The number of aromatic amines is 2. The lowest BCUT2D eigenvalue weighted by molar-refractivity contribution is -0.120. The van der Waals surface area contributed by atoms with Crippen LogP contribution in [-0.2, 0) is 11.2 Å². The Morgan fingerprint density at radius 3 is 2.76 bits per heavy atom. The molecule has 132 valence electrons. The Balaban J connectivity index is 1.84. The first kappa shape index (κ1) is 18.1. The number of amides is 1. The van der Waals surface area contributed by atoms with Gasteiger partial charge in [0.2, 0.25) is 5.91 Å². The molecule has 2 rings (SSSR count). The molecule has 0 aliphatic rings. The summed E-state index contributed by atoms with van der Waals surface area (Å²) >= 11 is 0. The number of benzene rings is 1. The van der Waals surface area contributed by atoms with Crippen LogP contribution in [0.4, 0.5) is 0 Å². The second-order valence-electron chi connectivity index (χ2n) is 5.19. The zero-order valence-corrected chi connectivity index (χ0v) is 13.7. The standard InChI is InChI=1S/C16H19N5O4/c1-2-3-8-25-12-6-4-11(5-7-12)10-17-20-14(22)9-13-15(23)18-16(24)21-19-13/h4-7,10H,2-3,8-9H2,1H3,(H,20,22)(H2,18,21,23,24)/b17-10+. The fourth-order valence-corrected chi connectivity index (χ4v) is 1.85. The Labute approximate surface area is 143 Å². The molecule has 0 spiro atoms. The quantitative estimate of drug-likeness (QED) is 0.361. The summed E-state index contributed by atoms with van der Waals surface area (Å²) in [7, 11) is 0. The SMILES string of the molecule is CCCCOc1ccc(/C=N/NC(=O)Cc2n[nH]c(=O)[nH]c2=O)cc1. The molecule has 0 saturated heterocycles. The Kier molecular flexibility index (Phi) is 6.64. The summed E-state index contributed by atoms with van der Waals surface area (Å²) in [6, 6.07) is 7.27. The predicted octanol–water partition coefficient (Wildman–Crippen LogP) is 0.330. The van der Waals surface area contributed by atoms with Crippen molar-refractivity contribution in [1.82, 2.24) is 20.6 Å². The molecule has 2 aromatic rings. The lowest BCUT2D eigenvalue weighted by atomic mass is 10.2. The van der Waals surface area contributed by atoms with Crippen LogP contribution >= 0.6 is 0 Å². The van der Waals surface area contributed by atoms with Crippen LogP contribution in [0.15, 0.2) is 39.0 Å². The molecule has 0 fully saturated rings. The molecule has 9 heteroatoms. The van der Waals surface area contributed by atoms with E-state index in [-0.39, 0.29) is 12.1 Å². The lowest BCUT2D eigenvalue weighted by Gasteiger charge is -2.04. The Hall–Kier alpha value is -3.23. The van der Waals surface area contributed by atoms with Gasteiger partial charge in [-0.15, -0.1) is 0 Å². The van der Waals surface area contributed by atoms with Crippen molar-refractivity contribution < 1.29 is 9.53 Å². The van der Waals surface area contributed by atoms with Crippen LogP contribution in [0.5, 0.6) is 5.75 Å². The van der Waals surface area contributed by atoms with Gasteiger partial charge in [0.1, 0.15) is 11.4 Å². The van der Waals surface area contributed by atoms with Crippen molar-refractivity contribution in [3.63, 3.8) is 0 Å². The highest BCUT2D eigenvalue weighted by Crippen LogP contribution is 2.11. The molecular weight excluding hydrogens is 326 g/mol. The molecular formula is C16H19N5O4. The summed E-state index contributed by atoms with van der Waals surface area (Å²) in [4.78, 5) is 36.0. The Bertz CT molecular complexity index is 839. The van der Waals surface area contributed by atoms with Gasteiger partial charge < -0.3 is 4.74 Å². The number of nitrogens with one attached hydrogen (secondary N) is 3. The topological polar surface area (TPSA) is 129 Å². The van der Waals surface area contributed by atoms with Crippen molar-refractivity contribution in [2.24, 2.45) is 5.10 Å². The van der Waals surface area contributed by atoms with E-state index in [4.69, 9.17) is 4.74 Å². The first-order chi connectivity index (χ1) is 12.1. The van der Waals surface area contributed by atoms with Gasteiger partial charge >= 0.3 is 5.69 Å². The predicted molar refractivity (Wildman–Crippen MR) is 91.8 cm³/mol. The largest absolute Gasteiger partial charge is 0.494 e. The monoisotopic (exact) mass is 345 g/mol. The van der Waals surface area contributed by atoms with Crippen molar-refractivity contribution >= 4 is 12.1 Å². The van der Waals surface area contributed by atoms with Crippen molar-refractivity contribution in [3.05, 3.63) is 56.4 Å². The molecule has 1 amide bonds. The fraction of sp³-hybridized carbons (Fsp3) is 0.312. The maximum absolute atomic E-state index is 11.7. The number of nitrogens with zero attached hydrogens (tertiary/aromatic N) is 2. The molecule has 1 heterocycles. The first-order valence-electron chi connectivity index (χ1n) is 7.81. The van der Waals surface area contributed by atoms with Crippen LogP contribution in [0.3, 0.4) is 0 Å². The van der Waals surface area contributed by atoms with E-state index in [9.17, 15) is 14.4 Å². The number of unbranched alkanes of at least 4 members (excludes halogenated alkanes) is 1. The highest BCUT2D eigenvalue weighted by Gasteiger charge is 2.08. The number of hydrogen-bond acceptors (Lipinski definition) is 6. The van der Waals surface area contributed by atoms with E-state index in [0.717, 1.165) is 24.2 Å². The maximum atomic E-state index is 11.7. The van der Waals surface area contributed by atoms with Crippen molar-refractivity contribution in [2.45, 2.75) is 26.2 Å². The molecule has 25 heavy (non-hydrogen) atoms. The van der Waals surface area contributed by atoms with E-state index in [1.807, 2.05) is 29.2 Å². The van der Waals surface area contributed by atoms with E-state index in [1.54, 1.807) is 0 Å². The number of H-pyrrole nitrogens is 2. The molecule has 1 aromatic heterocycles. The lowest BCUT2D eigenvalue weighted by Crippen LogP contribution is -2.31. The van der Waals surface area contributed by atoms with Gasteiger partial charge in [0.25, 0.3) is 5.56 Å². The van der Waals surface area contributed by atoms with Gasteiger partial charge in [0.15, 0.2) is 0 Å². The Morgan fingerprint density at radius 1 is 1.32 bits per heavy atom. The first-order valence-corrected chi connectivity index (χ1v) is 7.81. The summed E-state index contributed by atoms with van der Waals surface area (Å²) in [5, 5.41) is 9.39. The van der Waals surface area contributed by atoms with Crippen molar-refractivity contribution in [2.75, 3.05) is 6.61 Å². The third-order valence-corrected chi connectivity index (χ3v) is 3.16. The molecule has 0 aliphatic carbocycles. The molecule has 0 aliphatic heterocycles. The smallest absolute Gasteiger partial charge is 0.342 e. The van der Waals surface area contributed by atoms with Gasteiger partial charge in [-0.05, 0) is 36.2 Å². The van der Waals surface area contributed by atoms with Gasteiger partial charge in [0, 0.05) is 0 Å². The van der Waals surface area contributed by atoms with Gasteiger partial charge in [-0.3, -0.25) is 14.6 Å². The third kappa shape index (κ3) is 6.05. The Morgan fingerprint density at radius 2 is 2.08 bits per heavy atom. The number of aromatic nitrogens is 3. The molecule has 0 bridgehead atoms. The summed E-state index contributed by atoms with van der Waals surface area (Å²) < 4.78 is 5.55. The van der Waals surface area contributed by atoms with E-state index in [0.29, 0.717) is 6.61 Å². The van der Waals surface area contributed by atoms with Crippen molar-refractivity contribution in [1.29, 1.82) is 0 Å². The minimum atomic E-state index is -0.728. The zero-order valence-electron chi connectivity index (χ0n) is 13.7. The third-order valence-electron chi connectivity index (χ3n) is 3.16. The summed E-state index contributed by atoms with van der Waals surface area (Å²) in [6.45, 7) is 2.78. The van der Waals surface area contributed by atoms with Crippen LogP contribution in [-0.4, -0.2) is 33.9 Å². The number of rotatable bonds is 8. The van der Waals surface area contributed by atoms with Gasteiger partial charge in [-0.1, -0.05) is 13.3 Å². The van der Waals surface area contributed by atoms with Crippen molar-refractivity contribution in [3.8, 4) is 5.75 Å². The summed E-state index contributed by atoms with van der Waals surface area (Å²) in [5.74, 6) is 0.249. The fourth-order valence-electron chi connectivity index (χ4n) is 1.85. The summed E-state index contributed by atoms with van der Waals surface area (Å²) in [5.41, 5.74) is 1.54. The molecule has 3 N–H and O–H groups in total. The number of hydrazone groups is 1. The normalized spacial score (nSPS) is 10.8. The number of carbonyl (C=O) groups excluding carboxylic acids is 1. The average molecular weight is 345 g/mol. The van der Waals surface area contributed by atoms with Crippen LogP contribution in [0.1, 0.15) is 31.0 Å². The second-order valence-corrected chi connectivity index (χ2v) is 5.19. The second kappa shape index (κ2) is 9.16. The highest BCUT2D eigenvalue weighted by molar-refractivity contribution is 5.83. The zero-order chi connectivity index (χ0) is 18.1. The van der Waals surface area contributed by atoms with E-state index >= 15 is 0 Å². The molecule has 1 aromatic carbocycles. The number of carbonyl (C=O) groups is 1. The van der Waals surface area contributed by atoms with Gasteiger partial charge in [0.05, 0.1) is 19.2 Å². The molecule has 9 nitrogen and oxygen atoms in total.